The molecule has 0 bridgehead atoms. The summed E-state index contributed by atoms with van der Waals surface area (Å²) in [7, 11) is 0.463. The Balaban J connectivity index is 2.07. The summed E-state index contributed by atoms with van der Waals surface area (Å²) in [5.74, 6) is 3.72. The summed E-state index contributed by atoms with van der Waals surface area (Å²) in [5, 5.41) is 11.1. The number of nitro groups is 1. The molecule has 0 amide bonds. The van der Waals surface area contributed by atoms with Crippen molar-refractivity contribution in [2.75, 3.05) is 18.0 Å². The Labute approximate surface area is 132 Å². The second kappa shape index (κ2) is 6.36. The van der Waals surface area contributed by atoms with Crippen molar-refractivity contribution in [1.82, 2.24) is 9.55 Å². The third-order valence-corrected chi connectivity index (χ3v) is 4.38. The molecule has 1 aliphatic heterocycles. The normalized spacial score (nSPS) is 15.3. The molecule has 0 unspecified atom stereocenters. The van der Waals surface area contributed by atoms with E-state index in [1.165, 1.54) is 11.9 Å². The van der Waals surface area contributed by atoms with Crippen LogP contribution in [0, 0.1) is 21.6 Å². The number of allylic oxidation sites excluding steroid dienone is 1. The SMILES string of the molecule is Cn1cnc([N+](=O)[O-])c1N1CCC(=CC#C[Si](C)(C)C)CC1. The number of aryl methyl sites for hydroxylation is 1. The van der Waals surface area contributed by atoms with Gasteiger partial charge in [0.25, 0.3) is 0 Å². The fourth-order valence-corrected chi connectivity index (χ4v) is 2.91. The highest BCUT2D eigenvalue weighted by molar-refractivity contribution is 6.83. The lowest BCUT2D eigenvalue weighted by molar-refractivity contribution is -0.388. The Morgan fingerprint density at radius 2 is 2.00 bits per heavy atom. The third-order valence-electron chi connectivity index (χ3n) is 3.49. The van der Waals surface area contributed by atoms with Crippen molar-refractivity contribution in [2.24, 2.45) is 7.05 Å². The summed E-state index contributed by atoms with van der Waals surface area (Å²) in [5.41, 5.74) is 4.66. The zero-order valence-corrected chi connectivity index (χ0v) is 14.6. The van der Waals surface area contributed by atoms with Crippen LogP contribution in [0.3, 0.4) is 0 Å². The molecule has 0 aliphatic carbocycles. The first-order valence-electron chi connectivity index (χ1n) is 7.39. The lowest BCUT2D eigenvalue weighted by Crippen LogP contribution is -2.32. The van der Waals surface area contributed by atoms with Gasteiger partial charge in [-0.3, -0.25) is 4.57 Å². The topological polar surface area (TPSA) is 64.2 Å². The van der Waals surface area contributed by atoms with Crippen LogP contribution in [0.5, 0.6) is 0 Å². The van der Waals surface area contributed by atoms with Crippen molar-refractivity contribution in [1.29, 1.82) is 0 Å². The molecular weight excluding hydrogens is 296 g/mol. The highest BCUT2D eigenvalue weighted by Crippen LogP contribution is 2.29. The Kier molecular flexibility index (Phi) is 4.71. The number of aromatic nitrogens is 2. The van der Waals surface area contributed by atoms with Gasteiger partial charge in [0.1, 0.15) is 8.07 Å². The van der Waals surface area contributed by atoms with E-state index in [0.29, 0.717) is 5.82 Å². The molecule has 1 aromatic rings. The number of anilines is 1. The van der Waals surface area contributed by atoms with Crippen LogP contribution in [-0.4, -0.2) is 35.6 Å². The number of piperidine rings is 1. The molecule has 2 rings (SSSR count). The maximum Gasteiger partial charge on any atom is 0.406 e. The molecule has 0 atom stereocenters. The van der Waals surface area contributed by atoms with Crippen LogP contribution in [0.2, 0.25) is 19.6 Å². The van der Waals surface area contributed by atoms with Crippen LogP contribution in [0.4, 0.5) is 11.6 Å². The number of rotatable bonds is 2. The van der Waals surface area contributed by atoms with E-state index in [1.54, 1.807) is 11.6 Å². The first-order valence-corrected chi connectivity index (χ1v) is 10.9. The summed E-state index contributed by atoms with van der Waals surface area (Å²) in [4.78, 5) is 16.6. The standard InChI is InChI=1S/C15H22N4O2Si/c1-17-12-16-14(19(20)21)15(17)18-9-7-13(8-10-18)6-5-11-22(2,3)4/h6,12H,7-10H2,1-4H3. The Morgan fingerprint density at radius 1 is 1.36 bits per heavy atom. The van der Waals surface area contributed by atoms with Gasteiger partial charge in [0.2, 0.25) is 12.1 Å². The molecule has 118 valence electrons. The minimum atomic E-state index is -1.33. The minimum absolute atomic E-state index is 0.0616. The van der Waals surface area contributed by atoms with Gasteiger partial charge in [0, 0.05) is 20.1 Å². The molecule has 0 saturated carbocycles. The van der Waals surface area contributed by atoms with Gasteiger partial charge < -0.3 is 15.0 Å². The molecular formula is C15H22N4O2Si. The van der Waals surface area contributed by atoms with Crippen molar-refractivity contribution in [3.63, 3.8) is 0 Å². The maximum absolute atomic E-state index is 11.1. The Bertz CT molecular complexity index is 651. The van der Waals surface area contributed by atoms with Crippen molar-refractivity contribution in [3.8, 4) is 11.5 Å². The molecule has 0 N–H and O–H groups in total. The van der Waals surface area contributed by atoms with Crippen LogP contribution in [0.15, 0.2) is 18.0 Å². The maximum atomic E-state index is 11.1. The van der Waals surface area contributed by atoms with E-state index in [2.05, 4.69) is 36.1 Å². The van der Waals surface area contributed by atoms with E-state index in [-0.39, 0.29) is 5.82 Å². The molecule has 1 fully saturated rings. The van der Waals surface area contributed by atoms with Gasteiger partial charge in [-0.25, -0.2) is 0 Å². The predicted molar refractivity (Wildman–Crippen MR) is 90.5 cm³/mol. The second-order valence-corrected chi connectivity index (χ2v) is 11.3. The molecule has 7 heteroatoms. The molecule has 0 radical (unpaired) electrons. The lowest BCUT2D eigenvalue weighted by atomic mass is 10.0. The molecule has 1 aromatic heterocycles. The van der Waals surface area contributed by atoms with Crippen LogP contribution in [0.1, 0.15) is 12.8 Å². The molecule has 22 heavy (non-hydrogen) atoms. The van der Waals surface area contributed by atoms with Gasteiger partial charge in [-0.2, -0.15) is 0 Å². The zero-order valence-electron chi connectivity index (χ0n) is 13.6. The van der Waals surface area contributed by atoms with Gasteiger partial charge in [-0.15, -0.1) is 5.54 Å². The number of hydrogen-bond acceptors (Lipinski definition) is 4. The average Bonchev–Trinajstić information content (AvgIpc) is 2.80. The predicted octanol–water partition coefficient (Wildman–Crippen LogP) is 2.74. The Hall–Kier alpha value is -2.07. The van der Waals surface area contributed by atoms with E-state index in [4.69, 9.17) is 0 Å². The number of nitrogens with zero attached hydrogens (tertiary/aromatic N) is 4. The van der Waals surface area contributed by atoms with Crippen LogP contribution >= 0.6 is 0 Å². The van der Waals surface area contributed by atoms with Crippen LogP contribution < -0.4 is 4.90 Å². The highest BCUT2D eigenvalue weighted by atomic mass is 28.3. The van der Waals surface area contributed by atoms with E-state index in [1.807, 2.05) is 11.0 Å². The monoisotopic (exact) mass is 318 g/mol. The first kappa shape index (κ1) is 16.3. The fraction of sp³-hybridized carbons (Fsp3) is 0.533. The van der Waals surface area contributed by atoms with E-state index in [9.17, 15) is 10.1 Å². The summed E-state index contributed by atoms with van der Waals surface area (Å²) < 4.78 is 1.72. The highest BCUT2D eigenvalue weighted by Gasteiger charge is 2.27. The molecule has 0 aromatic carbocycles. The number of imidazole rings is 1. The summed E-state index contributed by atoms with van der Waals surface area (Å²) in [6, 6.07) is 0. The minimum Gasteiger partial charge on any atom is -0.358 e. The van der Waals surface area contributed by atoms with Crippen molar-refractivity contribution >= 4 is 19.7 Å². The third kappa shape index (κ3) is 3.98. The van der Waals surface area contributed by atoms with Gasteiger partial charge in [-0.05, 0) is 28.8 Å². The molecule has 1 saturated heterocycles. The van der Waals surface area contributed by atoms with E-state index >= 15 is 0 Å². The van der Waals surface area contributed by atoms with Gasteiger partial charge in [-0.1, -0.05) is 31.1 Å². The molecule has 1 aliphatic rings. The van der Waals surface area contributed by atoms with Crippen LogP contribution in [-0.2, 0) is 7.05 Å². The van der Waals surface area contributed by atoms with Gasteiger partial charge >= 0.3 is 5.82 Å². The van der Waals surface area contributed by atoms with Gasteiger partial charge in [0.15, 0.2) is 0 Å². The zero-order chi connectivity index (χ0) is 16.3. The quantitative estimate of drug-likeness (QED) is 0.364. The fourth-order valence-electron chi connectivity index (χ4n) is 2.41. The smallest absolute Gasteiger partial charge is 0.358 e. The molecule has 6 nitrogen and oxygen atoms in total. The van der Waals surface area contributed by atoms with Crippen molar-refractivity contribution in [3.05, 3.63) is 28.1 Å². The largest absolute Gasteiger partial charge is 0.406 e. The summed E-state index contributed by atoms with van der Waals surface area (Å²) >= 11 is 0. The number of hydrogen-bond donors (Lipinski definition) is 0. The van der Waals surface area contributed by atoms with E-state index < -0.39 is 13.0 Å². The van der Waals surface area contributed by atoms with E-state index in [0.717, 1.165) is 25.9 Å². The average molecular weight is 318 g/mol. The molecule has 0 spiro atoms. The van der Waals surface area contributed by atoms with Crippen LogP contribution in [0.25, 0.3) is 0 Å². The first-order chi connectivity index (χ1) is 10.3. The Morgan fingerprint density at radius 3 is 2.55 bits per heavy atom. The summed E-state index contributed by atoms with van der Waals surface area (Å²) in [6.45, 7) is 8.20. The van der Waals surface area contributed by atoms with Crippen molar-refractivity contribution < 1.29 is 4.92 Å². The molecule has 2 heterocycles. The second-order valence-electron chi connectivity index (χ2n) is 6.57. The van der Waals surface area contributed by atoms with Gasteiger partial charge in [0.05, 0.1) is 0 Å². The summed E-state index contributed by atoms with van der Waals surface area (Å²) in [6.07, 6.45) is 5.32. The van der Waals surface area contributed by atoms with Crippen molar-refractivity contribution in [2.45, 2.75) is 32.5 Å². The lowest BCUT2D eigenvalue weighted by Gasteiger charge is -2.29.